The van der Waals surface area contributed by atoms with E-state index in [1.807, 2.05) is 61.9 Å². The summed E-state index contributed by atoms with van der Waals surface area (Å²) in [5.74, 6) is -0.351. The minimum Gasteiger partial charge on any atom is -0.478 e. The summed E-state index contributed by atoms with van der Waals surface area (Å²) in [5, 5.41) is 23.6. The molecule has 188 valence electrons. The van der Waals surface area contributed by atoms with Gasteiger partial charge in [-0.3, -0.25) is 0 Å². The van der Waals surface area contributed by atoms with Gasteiger partial charge in [0.15, 0.2) is 0 Å². The van der Waals surface area contributed by atoms with Gasteiger partial charge in [0.1, 0.15) is 0 Å². The molecule has 34 heavy (non-hydrogen) atoms. The van der Waals surface area contributed by atoms with Crippen LogP contribution < -0.4 is 10.6 Å². The fourth-order valence-electron chi connectivity index (χ4n) is 1.81. The Morgan fingerprint density at radius 2 is 1.06 bits per heavy atom. The first-order valence-electron chi connectivity index (χ1n) is 10.3. The number of carbonyl (C=O) groups is 2. The molecule has 2 aromatic carbocycles. The standard InChI is InChI=1S/2C10H14ClNS.C4H4O4/c2*1-8(12-2)7-13-10-5-3-9(11)4-6-10;5-3(6)1-2-4(7)8/h2*3-6,8,12H,7H2,1-2H3;1-2H,(H,5,6)(H,7,8)/b;;2-1+. The number of benzene rings is 2. The monoisotopic (exact) mass is 546 g/mol. The number of halogens is 2. The molecule has 0 bridgehead atoms. The fourth-order valence-corrected chi connectivity index (χ4v) is 3.94. The van der Waals surface area contributed by atoms with Gasteiger partial charge >= 0.3 is 11.9 Å². The molecule has 2 atom stereocenters. The third-order valence-electron chi connectivity index (χ3n) is 3.98. The number of carboxylic acid groups (broad SMARTS) is 2. The number of carboxylic acids is 2. The molecule has 0 fully saturated rings. The Kier molecular flexibility index (Phi) is 18.6. The maximum atomic E-state index is 9.55. The number of aliphatic carboxylic acids is 2. The lowest BCUT2D eigenvalue weighted by atomic mass is 10.4. The molecule has 2 aromatic rings. The van der Waals surface area contributed by atoms with Crippen LogP contribution in [0, 0.1) is 0 Å². The first-order chi connectivity index (χ1) is 16.1. The van der Waals surface area contributed by atoms with Crippen molar-refractivity contribution in [2.75, 3.05) is 25.6 Å². The Morgan fingerprint density at radius 3 is 1.29 bits per heavy atom. The van der Waals surface area contributed by atoms with E-state index in [4.69, 9.17) is 33.4 Å². The van der Waals surface area contributed by atoms with Crippen molar-refractivity contribution in [2.24, 2.45) is 0 Å². The van der Waals surface area contributed by atoms with Gasteiger partial charge in [0.05, 0.1) is 0 Å². The second-order valence-electron chi connectivity index (χ2n) is 6.92. The van der Waals surface area contributed by atoms with Crippen LogP contribution in [0.25, 0.3) is 0 Å². The van der Waals surface area contributed by atoms with Crippen LogP contribution in [-0.4, -0.2) is 59.8 Å². The van der Waals surface area contributed by atoms with E-state index in [0.29, 0.717) is 24.2 Å². The fraction of sp³-hybridized carbons (Fsp3) is 0.333. The van der Waals surface area contributed by atoms with Crippen LogP contribution in [0.2, 0.25) is 10.0 Å². The average molecular weight is 548 g/mol. The predicted molar refractivity (Wildman–Crippen MR) is 146 cm³/mol. The second-order valence-corrected chi connectivity index (χ2v) is 9.98. The molecule has 0 saturated heterocycles. The summed E-state index contributed by atoms with van der Waals surface area (Å²) in [5.41, 5.74) is 0. The first-order valence-corrected chi connectivity index (χ1v) is 13.0. The second kappa shape index (κ2) is 19.6. The molecule has 0 saturated carbocycles. The smallest absolute Gasteiger partial charge is 0.328 e. The van der Waals surface area contributed by atoms with Crippen LogP contribution >= 0.6 is 46.7 Å². The molecular weight excluding hydrogens is 515 g/mol. The molecule has 2 rings (SSSR count). The highest BCUT2D eigenvalue weighted by Crippen LogP contribution is 2.21. The zero-order valence-corrected chi connectivity index (χ0v) is 22.8. The van der Waals surface area contributed by atoms with Crippen molar-refractivity contribution in [3.8, 4) is 0 Å². The van der Waals surface area contributed by atoms with Crippen LogP contribution in [0.15, 0.2) is 70.5 Å². The SMILES string of the molecule is CNC(C)CSc1ccc(Cl)cc1.CNC(C)CSc1ccc(Cl)cc1.O=C(O)/C=C/C(=O)O. The zero-order valence-electron chi connectivity index (χ0n) is 19.6. The minimum atomic E-state index is -1.26. The Bertz CT molecular complexity index is 795. The van der Waals surface area contributed by atoms with Crippen LogP contribution in [-0.2, 0) is 9.59 Å². The molecule has 6 nitrogen and oxygen atoms in total. The minimum absolute atomic E-state index is 0.542. The molecule has 10 heteroatoms. The Hall–Kier alpha value is -1.68. The van der Waals surface area contributed by atoms with Crippen molar-refractivity contribution in [3.63, 3.8) is 0 Å². The van der Waals surface area contributed by atoms with Crippen molar-refractivity contribution in [1.29, 1.82) is 0 Å². The average Bonchev–Trinajstić information content (AvgIpc) is 2.82. The number of rotatable bonds is 10. The number of hydrogen-bond acceptors (Lipinski definition) is 6. The molecule has 4 N–H and O–H groups in total. The summed E-state index contributed by atoms with van der Waals surface area (Å²) in [7, 11) is 3.96. The van der Waals surface area contributed by atoms with Crippen molar-refractivity contribution in [1.82, 2.24) is 10.6 Å². The van der Waals surface area contributed by atoms with Gasteiger partial charge in [-0.05, 0) is 76.5 Å². The highest BCUT2D eigenvalue weighted by Gasteiger charge is 2.00. The van der Waals surface area contributed by atoms with Gasteiger partial charge in [0, 0.05) is 55.6 Å². The van der Waals surface area contributed by atoms with Crippen molar-refractivity contribution in [2.45, 2.75) is 35.7 Å². The normalized spacial score (nSPS) is 12.1. The van der Waals surface area contributed by atoms with E-state index in [1.165, 1.54) is 9.79 Å². The lowest BCUT2D eigenvalue weighted by Crippen LogP contribution is -2.23. The molecule has 0 heterocycles. The summed E-state index contributed by atoms with van der Waals surface area (Å²) in [6, 6.07) is 17.0. The Balaban J connectivity index is 0.000000497. The van der Waals surface area contributed by atoms with E-state index in [-0.39, 0.29) is 0 Å². The van der Waals surface area contributed by atoms with Crippen LogP contribution in [0.1, 0.15) is 13.8 Å². The summed E-state index contributed by atoms with van der Waals surface area (Å²) in [6.07, 6.45) is 1.12. The summed E-state index contributed by atoms with van der Waals surface area (Å²) in [6.45, 7) is 4.34. The summed E-state index contributed by atoms with van der Waals surface area (Å²) in [4.78, 5) is 21.6. The number of hydrogen-bond donors (Lipinski definition) is 4. The summed E-state index contributed by atoms with van der Waals surface area (Å²) >= 11 is 15.2. The van der Waals surface area contributed by atoms with Gasteiger partial charge in [-0.1, -0.05) is 23.2 Å². The topological polar surface area (TPSA) is 98.7 Å². The van der Waals surface area contributed by atoms with Crippen molar-refractivity contribution in [3.05, 3.63) is 70.7 Å². The van der Waals surface area contributed by atoms with Gasteiger partial charge in [0.25, 0.3) is 0 Å². The Labute approximate surface area is 220 Å². The third-order valence-corrected chi connectivity index (χ3v) is 7.03. The van der Waals surface area contributed by atoms with E-state index in [2.05, 4.69) is 48.7 Å². The van der Waals surface area contributed by atoms with Gasteiger partial charge < -0.3 is 20.8 Å². The van der Waals surface area contributed by atoms with E-state index in [9.17, 15) is 9.59 Å². The lowest BCUT2D eigenvalue weighted by molar-refractivity contribution is -0.134. The van der Waals surface area contributed by atoms with Crippen LogP contribution in [0.4, 0.5) is 0 Å². The maximum Gasteiger partial charge on any atom is 0.328 e. The largest absolute Gasteiger partial charge is 0.478 e. The van der Waals surface area contributed by atoms with Crippen LogP contribution in [0.3, 0.4) is 0 Å². The highest BCUT2D eigenvalue weighted by molar-refractivity contribution is 7.99. The molecular formula is C24H32Cl2N2O4S2. The molecule has 0 aliphatic rings. The van der Waals surface area contributed by atoms with E-state index >= 15 is 0 Å². The van der Waals surface area contributed by atoms with Crippen molar-refractivity contribution < 1.29 is 19.8 Å². The molecule has 0 aliphatic heterocycles. The summed E-state index contributed by atoms with van der Waals surface area (Å²) < 4.78 is 0. The van der Waals surface area contributed by atoms with Crippen molar-refractivity contribution >= 4 is 58.7 Å². The molecule has 2 unspecified atom stereocenters. The van der Waals surface area contributed by atoms with Crippen LogP contribution in [0.5, 0.6) is 0 Å². The van der Waals surface area contributed by atoms with E-state index < -0.39 is 11.9 Å². The van der Waals surface area contributed by atoms with Gasteiger partial charge in [-0.2, -0.15) is 0 Å². The lowest BCUT2D eigenvalue weighted by Gasteiger charge is -2.08. The third kappa shape index (κ3) is 18.7. The first kappa shape index (κ1) is 32.3. The van der Waals surface area contributed by atoms with E-state index in [0.717, 1.165) is 21.6 Å². The van der Waals surface area contributed by atoms with Gasteiger partial charge in [-0.25, -0.2) is 9.59 Å². The van der Waals surface area contributed by atoms with E-state index in [1.54, 1.807) is 0 Å². The molecule has 0 amide bonds. The predicted octanol–water partition coefficient (Wildman–Crippen LogP) is 5.79. The molecule has 0 aliphatic carbocycles. The zero-order chi connectivity index (χ0) is 25.9. The number of thioether (sulfide) groups is 2. The molecule has 0 radical (unpaired) electrons. The quantitative estimate of drug-likeness (QED) is 0.219. The van der Waals surface area contributed by atoms with Gasteiger partial charge in [0.2, 0.25) is 0 Å². The Morgan fingerprint density at radius 1 is 0.765 bits per heavy atom. The molecule has 0 aromatic heterocycles. The maximum absolute atomic E-state index is 9.55. The number of nitrogens with one attached hydrogen (secondary N) is 2. The molecule has 0 spiro atoms. The van der Waals surface area contributed by atoms with Gasteiger partial charge in [-0.15, -0.1) is 23.5 Å². The highest BCUT2D eigenvalue weighted by atomic mass is 35.5.